The number of fused-ring (bicyclic) bond motifs is 4. The normalized spacial score (nSPS) is 15.5. The standard InChI is InChI=1S/C36H26O2/c37-35(31-17-7-3-13-27(31)21-22-28-14-4-8-18-32(28)35)25-11-1-2-12-26-36(38)33-19-9-5-15-29(33)23-24-30-16-6-10-20-34(30)36/h3-10,13-20,37-38H,21-24H2. The molecule has 0 aromatic heterocycles. The van der Waals surface area contributed by atoms with Gasteiger partial charge in [-0.05, 0) is 83.5 Å². The Morgan fingerprint density at radius 3 is 0.947 bits per heavy atom. The summed E-state index contributed by atoms with van der Waals surface area (Å²) in [5.41, 5.74) is 4.62. The van der Waals surface area contributed by atoms with Crippen LogP contribution in [-0.2, 0) is 36.9 Å². The van der Waals surface area contributed by atoms with Crippen LogP contribution in [0.2, 0.25) is 0 Å². The van der Waals surface area contributed by atoms with Crippen LogP contribution < -0.4 is 0 Å². The molecule has 2 aliphatic rings. The Morgan fingerprint density at radius 2 is 0.658 bits per heavy atom. The predicted molar refractivity (Wildman–Crippen MR) is 150 cm³/mol. The summed E-state index contributed by atoms with van der Waals surface area (Å²) < 4.78 is 0. The van der Waals surface area contributed by atoms with Crippen LogP contribution in [0.15, 0.2) is 97.1 Å². The first-order valence-electron chi connectivity index (χ1n) is 12.9. The zero-order valence-electron chi connectivity index (χ0n) is 21.0. The molecule has 0 amide bonds. The molecule has 2 nitrogen and oxygen atoms in total. The minimum atomic E-state index is -1.46. The Bertz CT molecular complexity index is 1500. The summed E-state index contributed by atoms with van der Waals surface area (Å²) >= 11 is 0. The Labute approximate surface area is 224 Å². The monoisotopic (exact) mass is 490 g/mol. The number of benzene rings is 4. The Kier molecular flexibility index (Phi) is 6.12. The maximum absolute atomic E-state index is 11.9. The van der Waals surface area contributed by atoms with E-state index in [0.717, 1.165) is 70.2 Å². The topological polar surface area (TPSA) is 40.5 Å². The lowest BCUT2D eigenvalue weighted by molar-refractivity contribution is 0.144. The number of aryl methyl sites for hydroxylation is 4. The van der Waals surface area contributed by atoms with Crippen molar-refractivity contribution in [2.45, 2.75) is 36.9 Å². The molecule has 2 heteroatoms. The van der Waals surface area contributed by atoms with E-state index in [1.165, 1.54) is 0 Å². The lowest BCUT2D eigenvalue weighted by Crippen LogP contribution is -2.26. The van der Waals surface area contributed by atoms with Crippen molar-refractivity contribution in [2.24, 2.45) is 0 Å². The molecule has 182 valence electrons. The molecule has 0 unspecified atom stereocenters. The van der Waals surface area contributed by atoms with E-state index in [-0.39, 0.29) is 0 Å². The first-order valence-corrected chi connectivity index (χ1v) is 12.9. The van der Waals surface area contributed by atoms with Gasteiger partial charge in [0.25, 0.3) is 0 Å². The number of aliphatic hydroxyl groups is 2. The van der Waals surface area contributed by atoms with Gasteiger partial charge >= 0.3 is 0 Å². The lowest BCUT2D eigenvalue weighted by Gasteiger charge is -2.25. The van der Waals surface area contributed by atoms with E-state index in [9.17, 15) is 10.2 Å². The highest BCUT2D eigenvalue weighted by atomic mass is 16.3. The third kappa shape index (κ3) is 4.10. The van der Waals surface area contributed by atoms with Gasteiger partial charge in [-0.25, -0.2) is 0 Å². The smallest absolute Gasteiger partial charge is 0.178 e. The molecule has 0 atom stereocenters. The molecule has 0 bridgehead atoms. The highest BCUT2D eigenvalue weighted by Crippen LogP contribution is 2.38. The average Bonchev–Trinajstić information content (AvgIpc) is 3.17. The Balaban J connectivity index is 1.39. The third-order valence-electron chi connectivity index (χ3n) is 7.63. The molecule has 0 radical (unpaired) electrons. The van der Waals surface area contributed by atoms with E-state index in [1.54, 1.807) is 0 Å². The molecule has 6 rings (SSSR count). The molecule has 4 aromatic carbocycles. The quantitative estimate of drug-likeness (QED) is 0.338. The van der Waals surface area contributed by atoms with Crippen molar-refractivity contribution in [3.63, 3.8) is 0 Å². The summed E-state index contributed by atoms with van der Waals surface area (Å²) in [6, 6.07) is 31.7. The molecule has 0 saturated carbocycles. The van der Waals surface area contributed by atoms with Gasteiger partial charge in [-0.15, -0.1) is 0 Å². The van der Waals surface area contributed by atoms with Crippen LogP contribution in [0.1, 0.15) is 44.5 Å². The van der Waals surface area contributed by atoms with Gasteiger partial charge in [0.15, 0.2) is 11.2 Å². The number of rotatable bonds is 0. The molecule has 0 heterocycles. The zero-order valence-corrected chi connectivity index (χ0v) is 21.0. The molecule has 0 spiro atoms. The molecule has 0 saturated heterocycles. The van der Waals surface area contributed by atoms with Crippen molar-refractivity contribution < 1.29 is 10.2 Å². The second kappa shape index (κ2) is 9.74. The van der Waals surface area contributed by atoms with Crippen molar-refractivity contribution in [3.05, 3.63) is 142 Å². The van der Waals surface area contributed by atoms with Gasteiger partial charge in [0.2, 0.25) is 0 Å². The van der Waals surface area contributed by atoms with Gasteiger partial charge in [-0.1, -0.05) is 97.1 Å². The van der Waals surface area contributed by atoms with Gasteiger partial charge in [-0.3, -0.25) is 0 Å². The van der Waals surface area contributed by atoms with Crippen LogP contribution in [0.25, 0.3) is 0 Å². The summed E-state index contributed by atoms with van der Waals surface area (Å²) in [5.74, 6) is 17.4. The Hall–Kier alpha value is -4.52. The minimum Gasteiger partial charge on any atom is -0.369 e. The number of hydrogen-bond acceptors (Lipinski definition) is 2. The lowest BCUT2D eigenvalue weighted by atomic mass is 9.84. The van der Waals surface area contributed by atoms with E-state index in [4.69, 9.17) is 0 Å². The van der Waals surface area contributed by atoms with Crippen LogP contribution in [0.3, 0.4) is 0 Å². The fourth-order valence-corrected chi connectivity index (χ4v) is 5.77. The summed E-state index contributed by atoms with van der Waals surface area (Å²) in [6.45, 7) is 0. The fourth-order valence-electron chi connectivity index (χ4n) is 5.77. The third-order valence-corrected chi connectivity index (χ3v) is 7.63. The average molecular weight is 491 g/mol. The van der Waals surface area contributed by atoms with Crippen LogP contribution >= 0.6 is 0 Å². The molecule has 2 aliphatic carbocycles. The van der Waals surface area contributed by atoms with Crippen LogP contribution in [-0.4, -0.2) is 10.2 Å². The highest BCUT2D eigenvalue weighted by Gasteiger charge is 2.36. The zero-order chi connectivity index (χ0) is 26.0. The Morgan fingerprint density at radius 1 is 0.395 bits per heavy atom. The molecule has 4 aromatic rings. The van der Waals surface area contributed by atoms with E-state index in [1.807, 2.05) is 97.1 Å². The molecular formula is C36H26O2. The molecule has 0 aliphatic heterocycles. The maximum atomic E-state index is 11.9. The van der Waals surface area contributed by atoms with E-state index in [2.05, 4.69) is 35.5 Å². The van der Waals surface area contributed by atoms with Crippen molar-refractivity contribution >= 4 is 0 Å². The van der Waals surface area contributed by atoms with Crippen LogP contribution in [0.5, 0.6) is 0 Å². The maximum Gasteiger partial charge on any atom is 0.178 e. The van der Waals surface area contributed by atoms with Crippen molar-refractivity contribution in [2.75, 3.05) is 0 Å². The SMILES string of the molecule is OC1(C#CC#CC#CC2(O)c3ccccc3CCc3ccccc32)c2ccccc2CCc2ccccc21. The molecule has 38 heavy (non-hydrogen) atoms. The molecular weight excluding hydrogens is 464 g/mol. The number of hydrogen-bond donors (Lipinski definition) is 2. The first kappa shape index (κ1) is 23.9. The van der Waals surface area contributed by atoms with E-state index in [0.29, 0.717) is 0 Å². The van der Waals surface area contributed by atoms with Crippen molar-refractivity contribution in [3.8, 4) is 35.5 Å². The summed E-state index contributed by atoms with van der Waals surface area (Å²) in [7, 11) is 0. The van der Waals surface area contributed by atoms with Gasteiger partial charge in [0.1, 0.15) is 0 Å². The summed E-state index contributed by atoms with van der Waals surface area (Å²) in [4.78, 5) is 0. The summed E-state index contributed by atoms with van der Waals surface area (Å²) in [6.07, 6.45) is 3.37. The van der Waals surface area contributed by atoms with Gasteiger partial charge in [-0.2, -0.15) is 0 Å². The highest BCUT2D eigenvalue weighted by molar-refractivity contribution is 5.56. The first-order chi connectivity index (χ1) is 18.6. The van der Waals surface area contributed by atoms with Crippen LogP contribution in [0, 0.1) is 35.5 Å². The van der Waals surface area contributed by atoms with E-state index < -0.39 is 11.2 Å². The van der Waals surface area contributed by atoms with E-state index >= 15 is 0 Å². The predicted octanol–water partition coefficient (Wildman–Crippen LogP) is 5.07. The molecule has 0 fully saturated rings. The van der Waals surface area contributed by atoms with Crippen molar-refractivity contribution in [1.29, 1.82) is 0 Å². The fraction of sp³-hybridized carbons (Fsp3) is 0.167. The molecule has 2 N–H and O–H groups in total. The van der Waals surface area contributed by atoms with Gasteiger partial charge in [0.05, 0.1) is 0 Å². The summed E-state index contributed by atoms with van der Waals surface area (Å²) in [5, 5.41) is 23.8. The largest absolute Gasteiger partial charge is 0.369 e. The van der Waals surface area contributed by atoms with Gasteiger partial charge < -0.3 is 10.2 Å². The van der Waals surface area contributed by atoms with Crippen LogP contribution in [0.4, 0.5) is 0 Å². The second-order valence-corrected chi connectivity index (χ2v) is 9.80. The van der Waals surface area contributed by atoms with Crippen molar-refractivity contribution in [1.82, 2.24) is 0 Å². The minimum absolute atomic E-state index is 0.798. The second-order valence-electron chi connectivity index (χ2n) is 9.80. The van der Waals surface area contributed by atoms with Gasteiger partial charge in [0, 0.05) is 22.3 Å².